The average molecular weight is 266 g/mol. The number of nitrogens with one attached hydrogen (secondary N) is 1. The number of fused-ring (bicyclic) bond motifs is 1. The Morgan fingerprint density at radius 1 is 1.28 bits per heavy atom. The number of nitrogens with zero attached hydrogens (tertiary/aromatic N) is 1. The molecule has 1 aromatic carbocycles. The molecule has 0 saturated carbocycles. The molecule has 0 spiro atoms. The van der Waals surface area contributed by atoms with Gasteiger partial charge in [0.1, 0.15) is 5.82 Å². The van der Waals surface area contributed by atoms with E-state index in [1.54, 1.807) is 6.07 Å². The highest BCUT2D eigenvalue weighted by Gasteiger charge is 2.12. The fourth-order valence-corrected chi connectivity index (χ4v) is 2.63. The number of benzene rings is 1. The summed E-state index contributed by atoms with van der Waals surface area (Å²) in [4.78, 5) is 3.07. The van der Waals surface area contributed by atoms with Gasteiger partial charge in [0, 0.05) is 6.04 Å². The van der Waals surface area contributed by atoms with Crippen molar-refractivity contribution < 1.29 is 4.39 Å². The lowest BCUT2D eigenvalue weighted by Crippen LogP contribution is -2.06. The molecule has 0 fully saturated rings. The second-order valence-electron chi connectivity index (χ2n) is 5.28. The molecule has 2 aromatic rings. The van der Waals surface area contributed by atoms with E-state index in [1.807, 2.05) is 0 Å². The standard InChI is InChI=1S/C14H19FN2S/c1-9(2)4-5-10(3)17-13-7-6-11(15)8-12(13)16-14(17)18/h6-10H,4-5H2,1-3H3,(H,16,18). The molecule has 0 amide bonds. The van der Waals surface area contributed by atoms with Gasteiger partial charge in [-0.15, -0.1) is 0 Å². The lowest BCUT2D eigenvalue weighted by molar-refractivity contribution is 0.443. The number of imidazole rings is 1. The molecule has 0 aliphatic heterocycles. The van der Waals surface area contributed by atoms with Crippen molar-refractivity contribution >= 4 is 23.3 Å². The molecule has 0 saturated heterocycles. The highest BCUT2D eigenvalue weighted by Crippen LogP contribution is 2.24. The van der Waals surface area contributed by atoms with Crippen LogP contribution in [0.3, 0.4) is 0 Å². The minimum atomic E-state index is -0.235. The molecule has 18 heavy (non-hydrogen) atoms. The van der Waals surface area contributed by atoms with Gasteiger partial charge < -0.3 is 9.55 Å². The number of rotatable bonds is 4. The van der Waals surface area contributed by atoms with Crippen LogP contribution in [-0.4, -0.2) is 9.55 Å². The van der Waals surface area contributed by atoms with Crippen molar-refractivity contribution in [1.82, 2.24) is 9.55 Å². The third kappa shape index (κ3) is 2.64. The van der Waals surface area contributed by atoms with Crippen molar-refractivity contribution in [2.75, 3.05) is 0 Å². The summed E-state index contributed by atoms with van der Waals surface area (Å²) in [7, 11) is 0. The van der Waals surface area contributed by atoms with Gasteiger partial charge in [0.15, 0.2) is 4.77 Å². The maximum Gasteiger partial charge on any atom is 0.178 e. The third-order valence-electron chi connectivity index (χ3n) is 3.28. The van der Waals surface area contributed by atoms with Crippen LogP contribution in [0.5, 0.6) is 0 Å². The summed E-state index contributed by atoms with van der Waals surface area (Å²) in [6.45, 7) is 6.60. The Balaban J connectivity index is 2.38. The molecule has 0 bridgehead atoms. The Hall–Kier alpha value is -1.16. The van der Waals surface area contributed by atoms with Gasteiger partial charge in [0.2, 0.25) is 0 Å². The van der Waals surface area contributed by atoms with Crippen LogP contribution in [0.25, 0.3) is 11.0 Å². The van der Waals surface area contributed by atoms with Crippen molar-refractivity contribution in [3.8, 4) is 0 Å². The van der Waals surface area contributed by atoms with Crippen LogP contribution in [0.4, 0.5) is 4.39 Å². The summed E-state index contributed by atoms with van der Waals surface area (Å²) in [5, 5.41) is 0. The zero-order valence-electron chi connectivity index (χ0n) is 11.0. The topological polar surface area (TPSA) is 20.7 Å². The summed E-state index contributed by atoms with van der Waals surface area (Å²) in [6, 6.07) is 5.11. The summed E-state index contributed by atoms with van der Waals surface area (Å²) >= 11 is 5.34. The molecule has 1 unspecified atom stereocenters. The number of hydrogen-bond acceptors (Lipinski definition) is 1. The predicted octanol–water partition coefficient (Wildman–Crippen LogP) is 4.84. The summed E-state index contributed by atoms with van der Waals surface area (Å²) in [5.41, 5.74) is 1.76. The molecule has 0 aliphatic carbocycles. The molecule has 2 nitrogen and oxygen atoms in total. The van der Waals surface area contributed by atoms with E-state index in [0.29, 0.717) is 16.7 Å². The summed E-state index contributed by atoms with van der Waals surface area (Å²) in [5.74, 6) is 0.449. The minimum absolute atomic E-state index is 0.235. The predicted molar refractivity (Wildman–Crippen MR) is 75.9 cm³/mol. The van der Waals surface area contributed by atoms with Gasteiger partial charge in [-0.3, -0.25) is 0 Å². The first-order valence-electron chi connectivity index (χ1n) is 6.39. The number of aromatic amines is 1. The van der Waals surface area contributed by atoms with Gasteiger partial charge in [-0.2, -0.15) is 0 Å². The van der Waals surface area contributed by atoms with Crippen LogP contribution in [0, 0.1) is 16.5 Å². The molecule has 1 N–H and O–H groups in total. The Morgan fingerprint density at radius 2 is 2.00 bits per heavy atom. The molecule has 0 radical (unpaired) electrons. The van der Waals surface area contributed by atoms with Crippen LogP contribution in [0.2, 0.25) is 0 Å². The largest absolute Gasteiger partial charge is 0.330 e. The molecule has 4 heteroatoms. The van der Waals surface area contributed by atoms with E-state index >= 15 is 0 Å². The molecule has 1 aromatic heterocycles. The van der Waals surface area contributed by atoms with E-state index in [0.717, 1.165) is 23.9 Å². The van der Waals surface area contributed by atoms with Gasteiger partial charge >= 0.3 is 0 Å². The van der Waals surface area contributed by atoms with Crippen molar-refractivity contribution in [2.24, 2.45) is 5.92 Å². The SMILES string of the molecule is CC(C)CCC(C)n1c(=S)[nH]c2cc(F)ccc21. The zero-order chi connectivity index (χ0) is 13.3. The second kappa shape index (κ2) is 5.22. The Morgan fingerprint density at radius 3 is 2.67 bits per heavy atom. The molecule has 0 aliphatic rings. The maximum absolute atomic E-state index is 13.2. The highest BCUT2D eigenvalue weighted by molar-refractivity contribution is 7.71. The van der Waals surface area contributed by atoms with E-state index in [1.165, 1.54) is 12.1 Å². The van der Waals surface area contributed by atoms with Crippen LogP contribution in [-0.2, 0) is 0 Å². The smallest absolute Gasteiger partial charge is 0.178 e. The molecular formula is C14H19FN2S. The van der Waals surface area contributed by atoms with Gasteiger partial charge in [-0.1, -0.05) is 13.8 Å². The van der Waals surface area contributed by atoms with Gasteiger partial charge in [-0.25, -0.2) is 4.39 Å². The molecule has 2 rings (SSSR count). The summed E-state index contributed by atoms with van der Waals surface area (Å²) < 4.78 is 15.9. The third-order valence-corrected chi connectivity index (χ3v) is 3.58. The first-order chi connectivity index (χ1) is 8.49. The van der Waals surface area contributed by atoms with Crippen molar-refractivity contribution in [1.29, 1.82) is 0 Å². The Kier molecular flexibility index (Phi) is 3.85. The van der Waals surface area contributed by atoms with E-state index < -0.39 is 0 Å². The minimum Gasteiger partial charge on any atom is -0.330 e. The summed E-state index contributed by atoms with van der Waals surface area (Å²) in [6.07, 6.45) is 2.24. The molecule has 1 heterocycles. The van der Waals surface area contributed by atoms with E-state index in [2.05, 4.69) is 30.3 Å². The fraction of sp³-hybridized carbons (Fsp3) is 0.500. The first kappa shape index (κ1) is 13.3. The van der Waals surface area contributed by atoms with E-state index in [9.17, 15) is 4.39 Å². The van der Waals surface area contributed by atoms with Gasteiger partial charge in [-0.05, 0) is 56.1 Å². The van der Waals surface area contributed by atoms with E-state index in [4.69, 9.17) is 12.2 Å². The van der Waals surface area contributed by atoms with Gasteiger partial charge in [0.25, 0.3) is 0 Å². The average Bonchev–Trinajstić information content (AvgIpc) is 2.61. The van der Waals surface area contributed by atoms with Crippen molar-refractivity contribution in [2.45, 2.75) is 39.7 Å². The Bertz CT molecular complexity index is 597. The van der Waals surface area contributed by atoms with Crippen LogP contribution in [0.1, 0.15) is 39.7 Å². The van der Waals surface area contributed by atoms with E-state index in [-0.39, 0.29) is 5.82 Å². The van der Waals surface area contributed by atoms with Crippen molar-refractivity contribution in [3.05, 3.63) is 28.8 Å². The fourth-order valence-electron chi connectivity index (χ4n) is 2.24. The lowest BCUT2D eigenvalue weighted by atomic mass is 10.0. The lowest BCUT2D eigenvalue weighted by Gasteiger charge is -2.15. The normalized spacial score (nSPS) is 13.4. The van der Waals surface area contributed by atoms with Crippen LogP contribution >= 0.6 is 12.2 Å². The highest BCUT2D eigenvalue weighted by atomic mass is 32.1. The van der Waals surface area contributed by atoms with Crippen LogP contribution < -0.4 is 0 Å². The number of aromatic nitrogens is 2. The number of hydrogen-bond donors (Lipinski definition) is 1. The first-order valence-corrected chi connectivity index (χ1v) is 6.79. The van der Waals surface area contributed by atoms with Crippen LogP contribution in [0.15, 0.2) is 18.2 Å². The number of halogens is 1. The molecular weight excluding hydrogens is 247 g/mol. The van der Waals surface area contributed by atoms with Crippen molar-refractivity contribution in [3.63, 3.8) is 0 Å². The quantitative estimate of drug-likeness (QED) is 0.786. The zero-order valence-corrected chi connectivity index (χ0v) is 11.9. The van der Waals surface area contributed by atoms with Gasteiger partial charge in [0.05, 0.1) is 11.0 Å². The number of H-pyrrole nitrogens is 1. The molecule has 1 atom stereocenters. The molecule has 98 valence electrons. The maximum atomic E-state index is 13.2. The monoisotopic (exact) mass is 266 g/mol. The second-order valence-corrected chi connectivity index (χ2v) is 5.67. The Labute approximate surface area is 112 Å².